The Labute approximate surface area is 91.1 Å². The highest BCUT2D eigenvalue weighted by Crippen LogP contribution is 2.53. The molecular weight excluding hydrogens is 186 g/mol. The van der Waals surface area contributed by atoms with Gasteiger partial charge in [-0.15, -0.1) is 0 Å². The van der Waals surface area contributed by atoms with Crippen LogP contribution >= 0.6 is 0 Å². The van der Waals surface area contributed by atoms with E-state index >= 15 is 0 Å². The zero-order chi connectivity index (χ0) is 11.1. The van der Waals surface area contributed by atoms with Crippen LogP contribution in [0.25, 0.3) is 0 Å². The van der Waals surface area contributed by atoms with E-state index in [4.69, 9.17) is 5.73 Å². The van der Waals surface area contributed by atoms with Crippen LogP contribution in [0.4, 0.5) is 0 Å². The number of rotatable bonds is 3. The summed E-state index contributed by atoms with van der Waals surface area (Å²) in [6, 6.07) is 6.53. The Morgan fingerprint density at radius 2 is 2.13 bits per heavy atom. The van der Waals surface area contributed by atoms with E-state index in [1.165, 1.54) is 16.7 Å². The lowest BCUT2D eigenvalue weighted by atomic mass is 9.91. The van der Waals surface area contributed by atoms with Gasteiger partial charge in [-0.25, -0.2) is 0 Å². The van der Waals surface area contributed by atoms with Gasteiger partial charge >= 0.3 is 0 Å². The lowest BCUT2D eigenvalue weighted by molar-refractivity contribution is 0.264. The number of benzene rings is 1. The van der Waals surface area contributed by atoms with Crippen molar-refractivity contribution < 1.29 is 5.11 Å². The summed E-state index contributed by atoms with van der Waals surface area (Å²) in [5.74, 6) is 0.365. The molecule has 0 aliphatic heterocycles. The van der Waals surface area contributed by atoms with Gasteiger partial charge in [-0.2, -0.15) is 0 Å². The topological polar surface area (TPSA) is 46.2 Å². The van der Waals surface area contributed by atoms with Crippen molar-refractivity contribution in [3.05, 3.63) is 34.9 Å². The molecule has 3 N–H and O–H groups in total. The molecule has 2 atom stereocenters. The summed E-state index contributed by atoms with van der Waals surface area (Å²) in [4.78, 5) is 0. The number of hydrogen-bond acceptors (Lipinski definition) is 2. The normalized spacial score (nSPS) is 29.2. The standard InChI is InChI=1S/C13H19NO/c1-9-3-4-11(5-10(9)2)13(8-14)6-12(13)7-15/h3-5,12,15H,6-8,14H2,1-2H3. The van der Waals surface area contributed by atoms with Crippen LogP contribution < -0.4 is 5.73 Å². The fourth-order valence-electron chi connectivity index (χ4n) is 2.39. The third-order valence-electron chi connectivity index (χ3n) is 3.90. The maximum atomic E-state index is 9.20. The van der Waals surface area contributed by atoms with Crippen molar-refractivity contribution in [2.45, 2.75) is 25.7 Å². The van der Waals surface area contributed by atoms with E-state index < -0.39 is 0 Å². The molecule has 0 amide bonds. The van der Waals surface area contributed by atoms with E-state index in [1.807, 2.05) is 0 Å². The van der Waals surface area contributed by atoms with Crippen LogP contribution in [-0.2, 0) is 5.41 Å². The molecule has 2 nitrogen and oxygen atoms in total. The van der Waals surface area contributed by atoms with Gasteiger partial charge in [-0.05, 0) is 42.9 Å². The second kappa shape index (κ2) is 3.62. The van der Waals surface area contributed by atoms with E-state index in [0.29, 0.717) is 12.5 Å². The molecule has 2 unspecified atom stereocenters. The highest BCUT2D eigenvalue weighted by Gasteiger charge is 2.53. The Morgan fingerprint density at radius 3 is 2.60 bits per heavy atom. The Bertz CT molecular complexity index is 375. The van der Waals surface area contributed by atoms with E-state index in [2.05, 4.69) is 32.0 Å². The van der Waals surface area contributed by atoms with Crippen LogP contribution in [0.5, 0.6) is 0 Å². The summed E-state index contributed by atoms with van der Waals surface area (Å²) in [7, 11) is 0. The van der Waals surface area contributed by atoms with Crippen molar-refractivity contribution in [1.82, 2.24) is 0 Å². The first-order chi connectivity index (χ1) is 7.14. The summed E-state index contributed by atoms with van der Waals surface area (Å²) in [5.41, 5.74) is 9.83. The third-order valence-corrected chi connectivity index (χ3v) is 3.90. The van der Waals surface area contributed by atoms with E-state index in [0.717, 1.165) is 6.42 Å². The lowest BCUT2D eigenvalue weighted by Gasteiger charge is -2.16. The molecule has 0 aromatic heterocycles. The maximum absolute atomic E-state index is 9.20. The average Bonchev–Trinajstić information content (AvgIpc) is 2.97. The van der Waals surface area contributed by atoms with Gasteiger partial charge in [-0.3, -0.25) is 0 Å². The first-order valence-electron chi connectivity index (χ1n) is 5.52. The molecule has 1 fully saturated rings. The smallest absolute Gasteiger partial charge is 0.0468 e. The van der Waals surface area contributed by atoms with Crippen molar-refractivity contribution in [2.24, 2.45) is 11.7 Å². The largest absolute Gasteiger partial charge is 0.396 e. The van der Waals surface area contributed by atoms with E-state index in [-0.39, 0.29) is 12.0 Å². The highest BCUT2D eigenvalue weighted by molar-refractivity contribution is 5.39. The molecule has 2 heteroatoms. The molecule has 0 spiro atoms. The number of aryl methyl sites for hydroxylation is 2. The van der Waals surface area contributed by atoms with Crippen molar-refractivity contribution in [3.8, 4) is 0 Å². The molecule has 15 heavy (non-hydrogen) atoms. The minimum Gasteiger partial charge on any atom is -0.396 e. The molecule has 1 aliphatic carbocycles. The monoisotopic (exact) mass is 205 g/mol. The van der Waals surface area contributed by atoms with E-state index in [9.17, 15) is 5.11 Å². The zero-order valence-corrected chi connectivity index (χ0v) is 9.46. The van der Waals surface area contributed by atoms with Gasteiger partial charge in [-0.1, -0.05) is 18.2 Å². The van der Waals surface area contributed by atoms with Crippen LogP contribution in [0.1, 0.15) is 23.1 Å². The summed E-state index contributed by atoms with van der Waals surface area (Å²) in [6.07, 6.45) is 1.03. The Balaban J connectivity index is 2.33. The molecule has 1 aromatic carbocycles. The number of aliphatic hydroxyl groups excluding tert-OH is 1. The lowest BCUT2D eigenvalue weighted by Crippen LogP contribution is -2.23. The highest BCUT2D eigenvalue weighted by atomic mass is 16.3. The van der Waals surface area contributed by atoms with Crippen molar-refractivity contribution in [3.63, 3.8) is 0 Å². The van der Waals surface area contributed by atoms with Gasteiger partial charge in [0.05, 0.1) is 0 Å². The first kappa shape index (κ1) is 10.7. The summed E-state index contributed by atoms with van der Waals surface area (Å²) >= 11 is 0. The Morgan fingerprint density at radius 1 is 1.40 bits per heavy atom. The van der Waals surface area contributed by atoms with Crippen LogP contribution in [0.2, 0.25) is 0 Å². The Hall–Kier alpha value is -0.860. The summed E-state index contributed by atoms with van der Waals surface area (Å²) in [5, 5.41) is 9.20. The van der Waals surface area contributed by atoms with Crippen LogP contribution in [0.3, 0.4) is 0 Å². The van der Waals surface area contributed by atoms with Gasteiger partial charge in [0.1, 0.15) is 0 Å². The van der Waals surface area contributed by atoms with Gasteiger partial charge in [0.15, 0.2) is 0 Å². The number of hydrogen-bond donors (Lipinski definition) is 2. The molecule has 82 valence electrons. The molecule has 1 aromatic rings. The molecule has 1 saturated carbocycles. The molecule has 0 bridgehead atoms. The van der Waals surface area contributed by atoms with Crippen LogP contribution in [0, 0.1) is 19.8 Å². The number of aliphatic hydroxyl groups is 1. The molecular formula is C13H19NO. The predicted molar refractivity (Wildman–Crippen MR) is 61.8 cm³/mol. The second-order valence-corrected chi connectivity index (χ2v) is 4.74. The fourth-order valence-corrected chi connectivity index (χ4v) is 2.39. The van der Waals surface area contributed by atoms with Crippen molar-refractivity contribution >= 4 is 0 Å². The fraction of sp³-hybridized carbons (Fsp3) is 0.538. The Kier molecular flexibility index (Phi) is 2.57. The van der Waals surface area contributed by atoms with Crippen LogP contribution in [0.15, 0.2) is 18.2 Å². The molecule has 0 radical (unpaired) electrons. The van der Waals surface area contributed by atoms with Gasteiger partial charge < -0.3 is 10.8 Å². The minimum absolute atomic E-state index is 0.0627. The summed E-state index contributed by atoms with van der Waals surface area (Å²) in [6.45, 7) is 5.13. The maximum Gasteiger partial charge on any atom is 0.0468 e. The molecule has 0 heterocycles. The zero-order valence-electron chi connectivity index (χ0n) is 9.46. The SMILES string of the molecule is Cc1ccc(C2(CN)CC2CO)cc1C. The average molecular weight is 205 g/mol. The summed E-state index contributed by atoms with van der Waals surface area (Å²) < 4.78 is 0. The quantitative estimate of drug-likeness (QED) is 0.785. The minimum atomic E-state index is 0.0627. The van der Waals surface area contributed by atoms with Crippen molar-refractivity contribution in [1.29, 1.82) is 0 Å². The van der Waals surface area contributed by atoms with Crippen LogP contribution in [-0.4, -0.2) is 18.3 Å². The second-order valence-electron chi connectivity index (χ2n) is 4.74. The van der Waals surface area contributed by atoms with Gasteiger partial charge in [0.2, 0.25) is 0 Å². The van der Waals surface area contributed by atoms with Crippen molar-refractivity contribution in [2.75, 3.05) is 13.2 Å². The molecule has 2 rings (SSSR count). The predicted octanol–water partition coefficient (Wildman–Crippen LogP) is 1.51. The third kappa shape index (κ3) is 1.58. The van der Waals surface area contributed by atoms with Gasteiger partial charge in [0.25, 0.3) is 0 Å². The molecule has 1 aliphatic rings. The first-order valence-corrected chi connectivity index (χ1v) is 5.52. The van der Waals surface area contributed by atoms with E-state index in [1.54, 1.807) is 0 Å². The van der Waals surface area contributed by atoms with Gasteiger partial charge in [0, 0.05) is 18.6 Å². The molecule has 0 saturated heterocycles. The number of nitrogens with two attached hydrogens (primary N) is 1.